The Morgan fingerprint density at radius 3 is 1.90 bits per heavy atom. The number of para-hydroxylation sites is 3. The van der Waals surface area contributed by atoms with Gasteiger partial charge in [-0.25, -0.2) is 4.98 Å². The maximum atomic E-state index is 6.94. The van der Waals surface area contributed by atoms with Crippen LogP contribution in [0.4, 0.5) is 22.7 Å². The lowest BCUT2D eigenvalue weighted by Gasteiger charge is -2.41. The molecule has 11 rings (SSSR count). The molecule has 0 saturated carbocycles. The fourth-order valence-electron chi connectivity index (χ4n) is 9.93. The van der Waals surface area contributed by atoms with Gasteiger partial charge >= 0.3 is 21.4 Å². The van der Waals surface area contributed by atoms with Crippen LogP contribution in [0.15, 0.2) is 170 Å². The lowest BCUT2D eigenvalue weighted by Crippen LogP contribution is -2.59. The summed E-state index contributed by atoms with van der Waals surface area (Å²) in [5.41, 5.74) is 13.4. The molecule has 0 atom stereocenters. The maximum Gasteiger partial charge on any atom is 0.468 e. The van der Waals surface area contributed by atoms with Crippen LogP contribution in [-0.4, -0.2) is 42.6 Å². The van der Waals surface area contributed by atoms with E-state index in [9.17, 15) is 0 Å². The van der Waals surface area contributed by atoms with E-state index in [-0.39, 0.29) is 16.0 Å². The summed E-state index contributed by atoms with van der Waals surface area (Å²) in [6.07, 6.45) is 3.86. The molecular weight excluding hydrogens is 887 g/mol. The average Bonchev–Trinajstić information content (AvgIpc) is 3.92. The van der Waals surface area contributed by atoms with Gasteiger partial charge in [-0.1, -0.05) is 159 Å². The minimum absolute atomic E-state index is 0.0552. The second-order valence-electron chi connectivity index (χ2n) is 22.4. The molecule has 0 spiro atoms. The van der Waals surface area contributed by atoms with Crippen molar-refractivity contribution in [2.45, 2.75) is 85.3 Å². The van der Waals surface area contributed by atoms with Gasteiger partial charge in [0.15, 0.2) is 5.75 Å². The fraction of sp³-hybridized carbons (Fsp3) is 0.233. The van der Waals surface area contributed by atoms with Crippen molar-refractivity contribution < 1.29 is 18.5 Å². The summed E-state index contributed by atoms with van der Waals surface area (Å²) in [5.74, 6) is 2.23. The standard InChI is InChI=1S/C60H60B3N5O4/c1-40-55(69-46-29-30-48-49-34-43(41-20-13-11-14-21-41)28-31-51(49)68(54(48)37-46)56-35-44(32-33-64-56)58(2,3)4)36-45(38-65-40)66-39-67(53-27-18-17-26-52(53)66)57-47(42-22-15-12-16-23-42)24-19-25-50(57)61-70-62(59(5,6)7)72-63(71-61)60(8,9)10/h11-38H,39H2,1-10H3. The number of hydrogen-bond donors (Lipinski definition) is 0. The van der Waals surface area contributed by atoms with E-state index in [0.717, 1.165) is 78.2 Å². The third-order valence-corrected chi connectivity index (χ3v) is 13.8. The number of ether oxygens (including phenoxy) is 1. The molecule has 5 heterocycles. The van der Waals surface area contributed by atoms with Crippen LogP contribution in [0, 0.1) is 6.92 Å². The lowest BCUT2D eigenvalue weighted by atomic mass is 9.50. The van der Waals surface area contributed by atoms with Crippen molar-refractivity contribution in [3.8, 4) is 39.6 Å². The zero-order chi connectivity index (χ0) is 50.1. The minimum atomic E-state index is -0.701. The van der Waals surface area contributed by atoms with Gasteiger partial charge in [0.05, 0.1) is 45.7 Å². The molecule has 0 amide bonds. The summed E-state index contributed by atoms with van der Waals surface area (Å²) in [7, 11) is -1.70. The number of fused-ring (bicyclic) bond motifs is 4. The van der Waals surface area contributed by atoms with Gasteiger partial charge in [0.25, 0.3) is 0 Å². The van der Waals surface area contributed by atoms with E-state index in [4.69, 9.17) is 28.4 Å². The molecule has 9 aromatic rings. The zero-order valence-electron chi connectivity index (χ0n) is 43.0. The molecular formula is C60H60B3N5O4. The Kier molecular flexibility index (Phi) is 11.9. The summed E-state index contributed by atoms with van der Waals surface area (Å²) in [5, 5.41) is 1.66. The Bertz CT molecular complexity index is 3450. The van der Waals surface area contributed by atoms with Crippen LogP contribution in [0.5, 0.6) is 11.5 Å². The van der Waals surface area contributed by atoms with Crippen molar-refractivity contribution in [2.24, 2.45) is 0 Å². The van der Waals surface area contributed by atoms with Crippen LogP contribution in [-0.2, 0) is 19.1 Å². The molecule has 0 aliphatic carbocycles. The third-order valence-electron chi connectivity index (χ3n) is 13.8. The normalized spacial score (nSPS) is 14.4. The number of nitrogens with zero attached hydrogens (tertiary/aromatic N) is 5. The first-order valence-electron chi connectivity index (χ1n) is 25.0. The number of aryl methyl sites for hydroxylation is 1. The molecule has 72 heavy (non-hydrogen) atoms. The van der Waals surface area contributed by atoms with E-state index in [1.807, 2.05) is 19.3 Å². The molecule has 6 aromatic carbocycles. The second kappa shape index (κ2) is 18.2. The van der Waals surface area contributed by atoms with Crippen molar-refractivity contribution in [3.05, 3.63) is 181 Å². The van der Waals surface area contributed by atoms with Gasteiger partial charge in [0, 0.05) is 40.1 Å². The van der Waals surface area contributed by atoms with E-state index in [1.54, 1.807) is 0 Å². The SMILES string of the molecule is Cc1ncc(N2CN(c3c(B4OB(C(C)(C)C)OB(C(C)(C)C)O4)cccc3-c3ccccc3)c3ccccc32)cc1Oc1ccc2c3cc(-c4ccccc4)ccc3n(-c3cc(C(C)(C)C)ccn3)c2c1. The predicted molar refractivity (Wildman–Crippen MR) is 299 cm³/mol. The Hall–Kier alpha value is -7.11. The van der Waals surface area contributed by atoms with Gasteiger partial charge < -0.3 is 28.3 Å². The minimum Gasteiger partial charge on any atom is -0.455 e. The first kappa shape index (κ1) is 47.2. The van der Waals surface area contributed by atoms with Gasteiger partial charge in [-0.15, -0.1) is 0 Å². The van der Waals surface area contributed by atoms with Crippen molar-refractivity contribution in [1.29, 1.82) is 0 Å². The molecule has 1 saturated heterocycles. The first-order chi connectivity index (χ1) is 34.5. The van der Waals surface area contributed by atoms with E-state index in [1.165, 1.54) is 11.1 Å². The van der Waals surface area contributed by atoms with Crippen LogP contribution < -0.4 is 20.0 Å². The molecule has 2 aliphatic rings. The van der Waals surface area contributed by atoms with Crippen molar-refractivity contribution in [1.82, 2.24) is 14.5 Å². The average molecular weight is 948 g/mol. The van der Waals surface area contributed by atoms with Crippen molar-refractivity contribution in [2.75, 3.05) is 16.5 Å². The van der Waals surface area contributed by atoms with E-state index in [2.05, 4.69) is 234 Å². The van der Waals surface area contributed by atoms with Crippen LogP contribution in [0.3, 0.4) is 0 Å². The number of pyridine rings is 2. The molecule has 0 bridgehead atoms. The van der Waals surface area contributed by atoms with Gasteiger partial charge in [0.1, 0.15) is 18.2 Å². The van der Waals surface area contributed by atoms with Crippen LogP contribution >= 0.6 is 0 Å². The van der Waals surface area contributed by atoms with Crippen molar-refractivity contribution in [3.63, 3.8) is 0 Å². The summed E-state index contributed by atoms with van der Waals surface area (Å²) >= 11 is 0. The van der Waals surface area contributed by atoms with E-state index >= 15 is 0 Å². The highest BCUT2D eigenvalue weighted by molar-refractivity contribution is 6.81. The highest BCUT2D eigenvalue weighted by atomic mass is 16.7. The largest absolute Gasteiger partial charge is 0.468 e. The first-order valence-corrected chi connectivity index (χ1v) is 25.0. The smallest absolute Gasteiger partial charge is 0.455 e. The molecule has 358 valence electrons. The highest BCUT2D eigenvalue weighted by Gasteiger charge is 2.52. The van der Waals surface area contributed by atoms with Crippen LogP contribution in [0.25, 0.3) is 49.9 Å². The summed E-state index contributed by atoms with van der Waals surface area (Å²) in [4.78, 5) is 14.6. The highest BCUT2D eigenvalue weighted by Crippen LogP contribution is 2.48. The topological polar surface area (TPSA) is 74.1 Å². The molecule has 2 aliphatic heterocycles. The molecule has 9 nitrogen and oxygen atoms in total. The number of rotatable bonds is 8. The maximum absolute atomic E-state index is 6.94. The molecule has 0 N–H and O–H groups in total. The number of aromatic nitrogens is 3. The van der Waals surface area contributed by atoms with Crippen LogP contribution in [0.1, 0.15) is 73.6 Å². The quantitative estimate of drug-likeness (QED) is 0.140. The monoisotopic (exact) mass is 947 g/mol. The summed E-state index contributed by atoms with van der Waals surface area (Å²) in [6.45, 7) is 22.1. The lowest BCUT2D eigenvalue weighted by molar-refractivity contribution is 0.250. The van der Waals surface area contributed by atoms with E-state index < -0.39 is 21.4 Å². The molecule has 0 radical (unpaired) electrons. The Labute approximate surface area is 425 Å². The molecule has 1 fully saturated rings. The van der Waals surface area contributed by atoms with Gasteiger partial charge in [-0.3, -0.25) is 9.55 Å². The molecule has 12 heteroatoms. The zero-order valence-corrected chi connectivity index (χ0v) is 43.0. The van der Waals surface area contributed by atoms with Gasteiger partial charge in [-0.2, -0.15) is 0 Å². The Morgan fingerprint density at radius 1 is 0.556 bits per heavy atom. The van der Waals surface area contributed by atoms with Gasteiger partial charge in [0.2, 0.25) is 0 Å². The predicted octanol–water partition coefficient (Wildman–Crippen LogP) is 14.9. The number of hydrogen-bond acceptors (Lipinski definition) is 8. The van der Waals surface area contributed by atoms with Gasteiger partial charge in [-0.05, 0) is 93.8 Å². The molecule has 0 unspecified atom stereocenters. The third kappa shape index (κ3) is 8.86. The number of benzene rings is 6. The van der Waals surface area contributed by atoms with E-state index in [0.29, 0.717) is 18.2 Å². The number of anilines is 4. The van der Waals surface area contributed by atoms with Crippen LogP contribution in [0.2, 0.25) is 10.6 Å². The summed E-state index contributed by atoms with van der Waals surface area (Å²) < 4.78 is 29.4. The Balaban J connectivity index is 0.989. The van der Waals surface area contributed by atoms with Crippen molar-refractivity contribution >= 4 is 71.4 Å². The molecule has 3 aromatic heterocycles. The fourth-order valence-corrected chi connectivity index (χ4v) is 9.93. The second-order valence-corrected chi connectivity index (χ2v) is 22.4. The Morgan fingerprint density at radius 2 is 1.22 bits per heavy atom. The summed E-state index contributed by atoms with van der Waals surface area (Å²) in [6, 6.07) is 55.6.